The van der Waals surface area contributed by atoms with Gasteiger partial charge in [0, 0.05) is 13.6 Å². The van der Waals surface area contributed by atoms with Gasteiger partial charge in [-0.05, 0) is 23.8 Å². The Labute approximate surface area is 189 Å². The van der Waals surface area contributed by atoms with Gasteiger partial charge >= 0.3 is 12.0 Å². The molecule has 0 bridgehead atoms. The number of aromatic nitrogens is 2. The van der Waals surface area contributed by atoms with Gasteiger partial charge in [-0.1, -0.05) is 30.3 Å². The Morgan fingerprint density at radius 2 is 1.94 bits per heavy atom. The number of nitriles is 1. The average Bonchev–Trinajstić information content (AvgIpc) is 3.10. The van der Waals surface area contributed by atoms with Crippen molar-refractivity contribution in [1.82, 2.24) is 19.8 Å². The molecule has 0 aliphatic carbocycles. The third-order valence-electron chi connectivity index (χ3n) is 5.58. The molecule has 1 aliphatic heterocycles. The summed E-state index contributed by atoms with van der Waals surface area (Å²) >= 11 is 0. The van der Waals surface area contributed by atoms with Crippen molar-refractivity contribution >= 4 is 34.6 Å². The Kier molecular flexibility index (Phi) is 5.95. The molecule has 168 valence electrons. The van der Waals surface area contributed by atoms with Gasteiger partial charge in [0.05, 0.1) is 35.8 Å². The number of urea groups is 1. The number of rotatable bonds is 5. The van der Waals surface area contributed by atoms with E-state index in [-0.39, 0.29) is 19.6 Å². The highest BCUT2D eigenvalue weighted by atomic mass is 16.4. The van der Waals surface area contributed by atoms with Crippen molar-refractivity contribution in [2.75, 3.05) is 11.9 Å². The lowest BCUT2D eigenvalue weighted by Gasteiger charge is -2.29. The van der Waals surface area contributed by atoms with Gasteiger partial charge in [0.1, 0.15) is 18.4 Å². The van der Waals surface area contributed by atoms with Crippen LogP contribution in [0.25, 0.3) is 11.0 Å². The van der Waals surface area contributed by atoms with Crippen LogP contribution in [0.2, 0.25) is 0 Å². The Morgan fingerprint density at radius 1 is 1.21 bits per heavy atom. The summed E-state index contributed by atoms with van der Waals surface area (Å²) in [6.07, 6.45) is -0.530. The molecule has 3 aromatic rings. The molecule has 0 fully saturated rings. The van der Waals surface area contributed by atoms with E-state index in [1.807, 2.05) is 24.3 Å². The summed E-state index contributed by atoms with van der Waals surface area (Å²) in [7, 11) is 1.58. The fourth-order valence-corrected chi connectivity index (χ4v) is 4.09. The largest absolute Gasteiger partial charge is 0.481 e. The summed E-state index contributed by atoms with van der Waals surface area (Å²) in [4.78, 5) is 45.0. The number of anilines is 1. The van der Waals surface area contributed by atoms with Crippen LogP contribution in [0.15, 0.2) is 48.5 Å². The van der Waals surface area contributed by atoms with E-state index in [0.717, 1.165) is 11.1 Å². The van der Waals surface area contributed by atoms with E-state index in [9.17, 15) is 24.8 Å². The lowest BCUT2D eigenvalue weighted by molar-refractivity contribution is -0.141. The summed E-state index contributed by atoms with van der Waals surface area (Å²) < 4.78 is 1.71. The van der Waals surface area contributed by atoms with Crippen molar-refractivity contribution in [2.24, 2.45) is 0 Å². The fourth-order valence-electron chi connectivity index (χ4n) is 4.09. The molecule has 33 heavy (non-hydrogen) atoms. The van der Waals surface area contributed by atoms with Crippen LogP contribution in [0.1, 0.15) is 17.8 Å². The first-order valence-electron chi connectivity index (χ1n) is 10.3. The Bertz CT molecular complexity index is 1280. The minimum atomic E-state index is -1.20. The normalized spacial score (nSPS) is 15.6. The van der Waals surface area contributed by atoms with Crippen LogP contribution in [0, 0.1) is 11.3 Å². The van der Waals surface area contributed by atoms with Crippen molar-refractivity contribution in [2.45, 2.75) is 32.1 Å². The maximum absolute atomic E-state index is 13.4. The van der Waals surface area contributed by atoms with Crippen molar-refractivity contribution in [1.29, 1.82) is 5.26 Å². The predicted molar refractivity (Wildman–Crippen MR) is 119 cm³/mol. The summed E-state index contributed by atoms with van der Waals surface area (Å²) in [5.41, 5.74) is 2.67. The molecule has 0 radical (unpaired) electrons. The highest BCUT2D eigenvalue weighted by molar-refractivity contribution is 6.02. The predicted octanol–water partition coefficient (Wildman–Crippen LogP) is 2.09. The molecule has 4 rings (SSSR count). The zero-order valence-corrected chi connectivity index (χ0v) is 17.9. The van der Waals surface area contributed by atoms with Crippen molar-refractivity contribution in [3.8, 4) is 6.07 Å². The van der Waals surface area contributed by atoms with E-state index in [1.54, 1.807) is 35.9 Å². The number of carboxylic acids is 1. The van der Waals surface area contributed by atoms with Crippen LogP contribution in [0.4, 0.5) is 10.5 Å². The zero-order chi connectivity index (χ0) is 23.5. The van der Waals surface area contributed by atoms with Gasteiger partial charge in [0.15, 0.2) is 0 Å². The first-order chi connectivity index (χ1) is 15.9. The third-order valence-corrected chi connectivity index (χ3v) is 5.58. The molecule has 10 nitrogen and oxygen atoms in total. The molecule has 0 unspecified atom stereocenters. The van der Waals surface area contributed by atoms with Crippen LogP contribution in [0.5, 0.6) is 0 Å². The quantitative estimate of drug-likeness (QED) is 0.617. The molecule has 2 N–H and O–H groups in total. The number of imidazole rings is 1. The van der Waals surface area contributed by atoms with Gasteiger partial charge in [-0.2, -0.15) is 5.26 Å². The number of carbonyl (C=O) groups is 3. The van der Waals surface area contributed by atoms with Gasteiger partial charge in [0.25, 0.3) is 0 Å². The van der Waals surface area contributed by atoms with Gasteiger partial charge in [-0.3, -0.25) is 14.5 Å². The second-order valence-electron chi connectivity index (χ2n) is 7.73. The van der Waals surface area contributed by atoms with Gasteiger partial charge in [-0.15, -0.1) is 0 Å². The lowest BCUT2D eigenvalue weighted by atomic mass is 10.1. The topological polar surface area (TPSA) is 132 Å². The van der Waals surface area contributed by atoms with Crippen LogP contribution < -0.4 is 10.2 Å². The maximum Gasteiger partial charge on any atom is 0.323 e. The summed E-state index contributed by atoms with van der Waals surface area (Å²) in [5.74, 6) is -1.16. The summed E-state index contributed by atoms with van der Waals surface area (Å²) in [6, 6.07) is 14.6. The maximum atomic E-state index is 13.4. The zero-order valence-electron chi connectivity index (χ0n) is 17.9. The van der Waals surface area contributed by atoms with Gasteiger partial charge in [0.2, 0.25) is 5.91 Å². The van der Waals surface area contributed by atoms with E-state index < -0.39 is 30.4 Å². The Morgan fingerprint density at radius 3 is 2.70 bits per heavy atom. The second-order valence-corrected chi connectivity index (χ2v) is 7.73. The summed E-state index contributed by atoms with van der Waals surface area (Å²) in [6.45, 7) is 0.313. The first-order valence-corrected chi connectivity index (χ1v) is 10.3. The Hall–Kier alpha value is -4.39. The number of likely N-dealkylation sites (N-methyl/N-ethyl adjacent to an activating group) is 1. The van der Waals surface area contributed by atoms with Crippen molar-refractivity contribution in [3.05, 3.63) is 59.9 Å². The van der Waals surface area contributed by atoms with E-state index in [0.29, 0.717) is 17.0 Å². The number of nitrogens with one attached hydrogen (secondary N) is 1. The molecule has 3 amide bonds. The summed E-state index contributed by atoms with van der Waals surface area (Å²) in [5, 5.41) is 21.4. The number of fused-ring (bicyclic) bond motifs is 2. The number of carboxylic acid groups (broad SMARTS) is 1. The smallest absolute Gasteiger partial charge is 0.323 e. The second kappa shape index (κ2) is 9.00. The van der Waals surface area contributed by atoms with E-state index in [2.05, 4.69) is 16.4 Å². The van der Waals surface area contributed by atoms with Crippen LogP contribution in [-0.2, 0) is 29.2 Å². The minimum absolute atomic E-state index is 0.00230. The molecule has 10 heteroatoms. The standard InChI is InChI=1S/C23H22N6O4/c1-27-14-15-6-2-4-8-17(15)29(19(22(27)32)12-21(30)31)23(33)25-13-20-26-16-7-3-5-9-18(16)28(20)11-10-24/h2-9,19H,11-14H2,1H3,(H,25,33)(H,30,31)/t19-/m0/s1. The number of benzene rings is 2. The fraction of sp³-hybridized carbons (Fsp3) is 0.261. The monoisotopic (exact) mass is 446 g/mol. The molecular formula is C23H22N6O4. The first kappa shape index (κ1) is 21.8. The van der Waals surface area contributed by atoms with E-state index in [1.165, 1.54) is 9.80 Å². The average molecular weight is 446 g/mol. The molecule has 2 heterocycles. The Balaban J connectivity index is 1.68. The number of amides is 3. The van der Waals surface area contributed by atoms with E-state index >= 15 is 0 Å². The van der Waals surface area contributed by atoms with Crippen LogP contribution in [-0.4, -0.2) is 50.6 Å². The highest BCUT2D eigenvalue weighted by Crippen LogP contribution is 2.29. The number of hydrogen-bond acceptors (Lipinski definition) is 5. The number of nitrogens with zero attached hydrogens (tertiary/aromatic N) is 5. The number of hydrogen-bond donors (Lipinski definition) is 2. The van der Waals surface area contributed by atoms with Gasteiger partial charge < -0.3 is 19.9 Å². The van der Waals surface area contributed by atoms with Crippen LogP contribution in [0.3, 0.4) is 0 Å². The number of para-hydroxylation sites is 3. The highest BCUT2D eigenvalue weighted by Gasteiger charge is 2.38. The number of aliphatic carboxylic acids is 1. The molecule has 2 aromatic carbocycles. The van der Waals surface area contributed by atoms with Crippen molar-refractivity contribution in [3.63, 3.8) is 0 Å². The lowest BCUT2D eigenvalue weighted by Crippen LogP contribution is -2.52. The SMILES string of the molecule is CN1Cc2ccccc2N(C(=O)NCc2nc3ccccc3n2CC#N)[C@@H](CC(=O)O)C1=O. The van der Waals surface area contributed by atoms with Crippen LogP contribution >= 0.6 is 0 Å². The van der Waals surface area contributed by atoms with Gasteiger partial charge in [-0.25, -0.2) is 9.78 Å². The molecule has 0 saturated heterocycles. The van der Waals surface area contributed by atoms with E-state index in [4.69, 9.17) is 0 Å². The minimum Gasteiger partial charge on any atom is -0.481 e. The third kappa shape index (κ3) is 4.21. The molecule has 1 atom stereocenters. The molecule has 1 aromatic heterocycles. The molecule has 0 saturated carbocycles. The molecular weight excluding hydrogens is 424 g/mol. The number of carbonyl (C=O) groups excluding carboxylic acids is 2. The molecule has 0 spiro atoms. The van der Waals surface area contributed by atoms with Crippen molar-refractivity contribution < 1.29 is 19.5 Å². The molecule has 1 aliphatic rings.